The number of rotatable bonds is 16. The summed E-state index contributed by atoms with van der Waals surface area (Å²) < 4.78 is 20.5. The molecule has 2 rings (SSSR count). The second-order valence-corrected chi connectivity index (χ2v) is 8.69. The van der Waals surface area contributed by atoms with Gasteiger partial charge in [0.25, 0.3) is 0 Å². The van der Waals surface area contributed by atoms with E-state index in [2.05, 4.69) is 0 Å². The maximum Gasteiger partial charge on any atom is 0.313 e. The van der Waals surface area contributed by atoms with E-state index in [1.54, 1.807) is 0 Å². The zero-order valence-corrected chi connectivity index (χ0v) is 21.6. The fourth-order valence-corrected chi connectivity index (χ4v) is 3.58. The summed E-state index contributed by atoms with van der Waals surface area (Å²) in [4.78, 5) is 47.7. The molecule has 0 amide bonds. The molecule has 0 aliphatic rings. The third-order valence-corrected chi connectivity index (χ3v) is 5.33. The molecule has 2 aromatic rings. The van der Waals surface area contributed by atoms with Crippen molar-refractivity contribution in [3.05, 3.63) is 71.8 Å². The summed E-state index contributed by atoms with van der Waals surface area (Å²) in [5.74, 6) is -1.74. The van der Waals surface area contributed by atoms with Crippen LogP contribution in [0.3, 0.4) is 0 Å². The summed E-state index contributed by atoms with van der Waals surface area (Å²) in [5, 5.41) is 0. The van der Waals surface area contributed by atoms with Crippen LogP contribution in [0, 0.1) is 0 Å². The highest BCUT2D eigenvalue weighted by atomic mass is 16.7. The van der Waals surface area contributed by atoms with Gasteiger partial charge in [-0.15, -0.1) is 0 Å². The minimum absolute atomic E-state index is 0.120. The molecule has 0 spiro atoms. The highest BCUT2D eigenvalue weighted by Gasteiger charge is 2.16. The van der Waals surface area contributed by atoms with Gasteiger partial charge in [0.2, 0.25) is 12.6 Å². The van der Waals surface area contributed by atoms with Crippen molar-refractivity contribution in [1.29, 1.82) is 0 Å². The van der Waals surface area contributed by atoms with E-state index in [0.717, 1.165) is 30.4 Å². The Morgan fingerprint density at radius 3 is 1.22 bits per heavy atom. The summed E-state index contributed by atoms with van der Waals surface area (Å²) in [6, 6.07) is 18.4. The van der Waals surface area contributed by atoms with Crippen LogP contribution < -0.4 is 0 Å². The average molecular weight is 513 g/mol. The average Bonchev–Trinajstić information content (AvgIpc) is 2.84. The van der Waals surface area contributed by atoms with Gasteiger partial charge in [-0.25, -0.2) is 0 Å². The quantitative estimate of drug-likeness (QED) is 0.174. The first-order chi connectivity index (χ1) is 17.8. The molecule has 0 bridgehead atoms. The fraction of sp³-hybridized carbons (Fsp3) is 0.448. The number of carbonyl (C=O) groups excluding carboxylic acids is 4. The number of benzene rings is 2. The molecule has 0 aliphatic carbocycles. The van der Waals surface area contributed by atoms with Crippen molar-refractivity contribution in [3.8, 4) is 0 Å². The largest absolute Gasteiger partial charge is 0.425 e. The Morgan fingerprint density at radius 1 is 0.514 bits per heavy atom. The van der Waals surface area contributed by atoms with E-state index in [0.29, 0.717) is 12.8 Å². The molecule has 2 aromatic carbocycles. The van der Waals surface area contributed by atoms with E-state index in [1.807, 2.05) is 60.7 Å². The Balaban J connectivity index is 1.46. The van der Waals surface area contributed by atoms with E-state index in [4.69, 9.17) is 18.9 Å². The summed E-state index contributed by atoms with van der Waals surface area (Å²) in [7, 11) is 0. The van der Waals surface area contributed by atoms with Crippen LogP contribution in [0.5, 0.6) is 0 Å². The Morgan fingerprint density at radius 2 is 0.838 bits per heavy atom. The van der Waals surface area contributed by atoms with Crippen LogP contribution in [0.15, 0.2) is 60.7 Å². The molecular weight excluding hydrogens is 476 g/mol. The molecule has 2 unspecified atom stereocenters. The maximum atomic E-state index is 11.9. The van der Waals surface area contributed by atoms with Gasteiger partial charge in [0.1, 0.15) is 0 Å². The first kappa shape index (κ1) is 29.5. The van der Waals surface area contributed by atoms with Gasteiger partial charge >= 0.3 is 23.9 Å². The van der Waals surface area contributed by atoms with Crippen molar-refractivity contribution < 1.29 is 38.1 Å². The highest BCUT2D eigenvalue weighted by Crippen LogP contribution is 2.11. The fourth-order valence-electron chi connectivity index (χ4n) is 3.58. The first-order valence-corrected chi connectivity index (χ1v) is 12.7. The molecule has 8 nitrogen and oxygen atoms in total. The summed E-state index contributed by atoms with van der Waals surface area (Å²) >= 11 is 0. The van der Waals surface area contributed by atoms with Gasteiger partial charge in [-0.2, -0.15) is 0 Å². The van der Waals surface area contributed by atoms with Crippen LogP contribution in [0.2, 0.25) is 0 Å². The molecule has 0 saturated carbocycles. The number of hydrogen-bond acceptors (Lipinski definition) is 8. The van der Waals surface area contributed by atoms with Gasteiger partial charge in [0, 0.05) is 26.7 Å². The minimum atomic E-state index is -0.935. The minimum Gasteiger partial charge on any atom is -0.425 e. The predicted octanol–water partition coefficient (Wildman–Crippen LogP) is 5.07. The lowest BCUT2D eigenvalue weighted by molar-refractivity contribution is -0.186. The molecule has 0 radical (unpaired) electrons. The number of hydrogen-bond donors (Lipinski definition) is 0. The van der Waals surface area contributed by atoms with Crippen molar-refractivity contribution in [3.63, 3.8) is 0 Å². The van der Waals surface area contributed by atoms with Crippen LogP contribution in [0.4, 0.5) is 0 Å². The van der Waals surface area contributed by atoms with E-state index >= 15 is 0 Å². The summed E-state index contributed by atoms with van der Waals surface area (Å²) in [6.45, 7) is 3.04. The van der Waals surface area contributed by atoms with Gasteiger partial charge in [-0.3, -0.25) is 19.2 Å². The number of carbonyl (C=O) groups is 4. The lowest BCUT2D eigenvalue weighted by atomic mass is 10.1. The Hall–Kier alpha value is -3.68. The highest BCUT2D eigenvalue weighted by molar-refractivity contribution is 5.74. The Kier molecular flexibility index (Phi) is 13.5. The molecule has 200 valence electrons. The van der Waals surface area contributed by atoms with Crippen LogP contribution >= 0.6 is 0 Å². The SMILES string of the molecule is CC(OC(=O)CCCCCCCC(=O)OC(C)OC(=O)Cc1ccccc1)OC(=O)Cc1ccccc1. The van der Waals surface area contributed by atoms with Crippen molar-refractivity contribution in [2.75, 3.05) is 0 Å². The molecule has 0 fully saturated rings. The summed E-state index contributed by atoms with van der Waals surface area (Å²) in [6.07, 6.45) is 2.57. The molecule has 8 heteroatoms. The second-order valence-electron chi connectivity index (χ2n) is 8.69. The lowest BCUT2D eigenvalue weighted by Crippen LogP contribution is -2.22. The molecule has 2 atom stereocenters. The van der Waals surface area contributed by atoms with Crippen molar-refractivity contribution in [2.24, 2.45) is 0 Å². The standard InChI is InChI=1S/C29H36O8/c1-22(36-28(32)20-24-14-8-6-9-15-24)34-26(30)18-12-4-3-5-13-19-27(31)35-23(2)37-29(33)21-25-16-10-7-11-17-25/h6-11,14-17,22-23H,3-5,12-13,18-21H2,1-2H3. The molecule has 0 N–H and O–H groups in total. The molecule has 0 heterocycles. The molecule has 0 saturated heterocycles. The molecule has 37 heavy (non-hydrogen) atoms. The normalized spacial score (nSPS) is 12.2. The predicted molar refractivity (Wildman–Crippen MR) is 136 cm³/mol. The van der Waals surface area contributed by atoms with Crippen molar-refractivity contribution in [2.45, 2.75) is 84.2 Å². The van der Waals surface area contributed by atoms with E-state index < -0.39 is 36.5 Å². The molecule has 0 aliphatic heterocycles. The van der Waals surface area contributed by atoms with Gasteiger partial charge in [0.05, 0.1) is 12.8 Å². The van der Waals surface area contributed by atoms with Crippen LogP contribution in [-0.4, -0.2) is 36.5 Å². The van der Waals surface area contributed by atoms with Gasteiger partial charge < -0.3 is 18.9 Å². The van der Waals surface area contributed by atoms with Crippen molar-refractivity contribution >= 4 is 23.9 Å². The number of ether oxygens (including phenoxy) is 4. The van der Waals surface area contributed by atoms with Gasteiger partial charge in [-0.05, 0) is 24.0 Å². The first-order valence-electron chi connectivity index (χ1n) is 12.7. The molecular formula is C29H36O8. The second kappa shape index (κ2) is 16.9. The molecule has 0 aromatic heterocycles. The third kappa shape index (κ3) is 13.8. The Labute approximate surface area is 218 Å². The van der Waals surface area contributed by atoms with Gasteiger partial charge in [-0.1, -0.05) is 79.9 Å². The third-order valence-electron chi connectivity index (χ3n) is 5.33. The smallest absolute Gasteiger partial charge is 0.313 e. The lowest BCUT2D eigenvalue weighted by Gasteiger charge is -2.14. The van der Waals surface area contributed by atoms with Crippen LogP contribution in [-0.2, 0) is 51.0 Å². The van der Waals surface area contributed by atoms with Gasteiger partial charge in [0.15, 0.2) is 0 Å². The van der Waals surface area contributed by atoms with Crippen molar-refractivity contribution in [1.82, 2.24) is 0 Å². The topological polar surface area (TPSA) is 105 Å². The van der Waals surface area contributed by atoms with E-state index in [-0.39, 0.29) is 25.7 Å². The van der Waals surface area contributed by atoms with E-state index in [9.17, 15) is 19.2 Å². The number of esters is 4. The van der Waals surface area contributed by atoms with E-state index in [1.165, 1.54) is 13.8 Å². The zero-order chi connectivity index (χ0) is 26.9. The Bertz CT molecular complexity index is 894. The van der Waals surface area contributed by atoms with Crippen LogP contribution in [0.25, 0.3) is 0 Å². The zero-order valence-electron chi connectivity index (χ0n) is 21.6. The monoisotopic (exact) mass is 512 g/mol. The van der Waals surface area contributed by atoms with Crippen LogP contribution in [0.1, 0.15) is 69.9 Å². The maximum absolute atomic E-state index is 11.9. The summed E-state index contributed by atoms with van der Waals surface area (Å²) in [5.41, 5.74) is 1.66. The number of unbranched alkanes of at least 4 members (excludes halogenated alkanes) is 4.